The molecule has 1 aliphatic heterocycles. The second kappa shape index (κ2) is 9.69. The molecule has 1 atom stereocenters. The van der Waals surface area contributed by atoms with Gasteiger partial charge in [0.2, 0.25) is 5.91 Å². The second-order valence-electron chi connectivity index (χ2n) is 7.94. The summed E-state index contributed by atoms with van der Waals surface area (Å²) in [7, 11) is 0. The van der Waals surface area contributed by atoms with Crippen molar-refractivity contribution in [1.82, 2.24) is 4.90 Å². The Morgan fingerprint density at radius 3 is 2.64 bits per heavy atom. The van der Waals surface area contributed by atoms with E-state index >= 15 is 0 Å². The van der Waals surface area contributed by atoms with Crippen LogP contribution in [-0.4, -0.2) is 35.0 Å². The molecule has 0 aromatic heterocycles. The number of hydrogen-bond acceptors (Lipinski definition) is 3. The van der Waals surface area contributed by atoms with E-state index in [9.17, 15) is 14.0 Å². The monoisotopic (exact) mass is 445 g/mol. The molecule has 0 spiro atoms. The Kier molecular flexibility index (Phi) is 6.54. The number of amides is 1. The standard InChI is InChI=1S/C27H24FNO4/c1-18-6-2-3-7-19(18)10-13-25(30)29-15-14-20-8-4-5-9-22(20)27(29)23-16-21(28)11-12-24(23)33-17-26(31)32/h2-13,16,27H,14-15,17H2,1H3,(H,31,32)/b13-10+. The first-order valence-electron chi connectivity index (χ1n) is 10.7. The summed E-state index contributed by atoms with van der Waals surface area (Å²) in [5, 5.41) is 9.06. The Hall–Kier alpha value is -3.93. The number of fused-ring (bicyclic) bond motifs is 1. The van der Waals surface area contributed by atoms with Gasteiger partial charge in [-0.2, -0.15) is 0 Å². The topological polar surface area (TPSA) is 66.8 Å². The van der Waals surface area contributed by atoms with Crippen LogP contribution in [0.4, 0.5) is 4.39 Å². The van der Waals surface area contributed by atoms with Gasteiger partial charge in [0, 0.05) is 18.2 Å². The molecular weight excluding hydrogens is 421 g/mol. The molecular formula is C27H24FNO4. The first-order valence-corrected chi connectivity index (χ1v) is 10.7. The number of benzene rings is 3. The maximum absolute atomic E-state index is 14.3. The van der Waals surface area contributed by atoms with Crippen molar-refractivity contribution in [3.8, 4) is 5.75 Å². The van der Waals surface area contributed by atoms with Gasteiger partial charge in [-0.15, -0.1) is 0 Å². The zero-order valence-electron chi connectivity index (χ0n) is 18.2. The van der Waals surface area contributed by atoms with Gasteiger partial charge in [0.05, 0.1) is 6.04 Å². The number of halogens is 1. The predicted octanol–water partition coefficient (Wildman–Crippen LogP) is 4.79. The van der Waals surface area contributed by atoms with Crippen molar-refractivity contribution in [2.45, 2.75) is 19.4 Å². The lowest BCUT2D eigenvalue weighted by Gasteiger charge is -2.37. The number of carbonyl (C=O) groups is 2. The summed E-state index contributed by atoms with van der Waals surface area (Å²) in [6.07, 6.45) is 3.97. The highest BCUT2D eigenvalue weighted by Crippen LogP contribution is 2.40. The van der Waals surface area contributed by atoms with Crippen LogP contribution in [0.5, 0.6) is 5.75 Å². The molecule has 3 aromatic rings. The van der Waals surface area contributed by atoms with Crippen LogP contribution in [-0.2, 0) is 16.0 Å². The third-order valence-electron chi connectivity index (χ3n) is 5.78. The predicted molar refractivity (Wildman–Crippen MR) is 123 cm³/mol. The molecule has 1 N–H and O–H groups in total. The molecule has 33 heavy (non-hydrogen) atoms. The quantitative estimate of drug-likeness (QED) is 0.555. The molecule has 3 aromatic carbocycles. The molecule has 4 rings (SSSR count). The van der Waals surface area contributed by atoms with Crippen molar-refractivity contribution in [3.05, 3.63) is 106 Å². The fraction of sp³-hybridized carbons (Fsp3) is 0.185. The van der Waals surface area contributed by atoms with Crippen LogP contribution in [0.1, 0.15) is 33.9 Å². The van der Waals surface area contributed by atoms with Crippen molar-refractivity contribution in [3.63, 3.8) is 0 Å². The maximum Gasteiger partial charge on any atom is 0.341 e. The average molecular weight is 445 g/mol. The van der Waals surface area contributed by atoms with E-state index in [1.165, 1.54) is 24.3 Å². The highest BCUT2D eigenvalue weighted by molar-refractivity contribution is 5.93. The molecule has 0 saturated carbocycles. The fourth-order valence-electron chi connectivity index (χ4n) is 4.17. The van der Waals surface area contributed by atoms with Crippen LogP contribution in [0.15, 0.2) is 72.8 Å². The molecule has 0 fully saturated rings. The minimum absolute atomic E-state index is 0.216. The van der Waals surface area contributed by atoms with Gasteiger partial charge >= 0.3 is 5.97 Å². The number of aliphatic carboxylic acids is 1. The third kappa shape index (κ3) is 4.95. The van der Waals surface area contributed by atoms with Crippen LogP contribution >= 0.6 is 0 Å². The van der Waals surface area contributed by atoms with Crippen LogP contribution in [0.2, 0.25) is 0 Å². The summed E-state index contributed by atoms with van der Waals surface area (Å²) in [6.45, 7) is 1.85. The molecule has 0 radical (unpaired) electrons. The smallest absolute Gasteiger partial charge is 0.341 e. The molecule has 1 heterocycles. The Morgan fingerprint density at radius 2 is 1.85 bits per heavy atom. The lowest BCUT2D eigenvalue weighted by Crippen LogP contribution is -2.40. The highest BCUT2D eigenvalue weighted by Gasteiger charge is 2.33. The summed E-state index contributed by atoms with van der Waals surface area (Å²) in [5.41, 5.74) is 4.34. The Balaban J connectivity index is 1.76. The van der Waals surface area contributed by atoms with Gasteiger partial charge in [0.25, 0.3) is 0 Å². The molecule has 5 nitrogen and oxygen atoms in total. The fourth-order valence-corrected chi connectivity index (χ4v) is 4.17. The number of hydrogen-bond donors (Lipinski definition) is 1. The first-order chi connectivity index (χ1) is 15.9. The van der Waals surface area contributed by atoms with Crippen molar-refractivity contribution >= 4 is 18.0 Å². The maximum atomic E-state index is 14.3. The summed E-state index contributed by atoms with van der Waals surface area (Å²) in [5.74, 6) is -1.60. The van der Waals surface area contributed by atoms with Gasteiger partial charge in [-0.1, -0.05) is 48.5 Å². The van der Waals surface area contributed by atoms with Crippen LogP contribution in [0.25, 0.3) is 6.08 Å². The summed E-state index contributed by atoms with van der Waals surface area (Å²) in [4.78, 5) is 26.1. The number of carboxylic acid groups (broad SMARTS) is 1. The van der Waals surface area contributed by atoms with Gasteiger partial charge in [-0.05, 0) is 59.9 Å². The zero-order chi connectivity index (χ0) is 23.4. The van der Waals surface area contributed by atoms with Crippen molar-refractivity contribution in [1.29, 1.82) is 0 Å². The van der Waals surface area contributed by atoms with Crippen LogP contribution < -0.4 is 4.74 Å². The van der Waals surface area contributed by atoms with Gasteiger partial charge in [-0.25, -0.2) is 9.18 Å². The van der Waals surface area contributed by atoms with E-state index in [0.717, 1.165) is 22.3 Å². The largest absolute Gasteiger partial charge is 0.482 e. The summed E-state index contributed by atoms with van der Waals surface area (Å²) in [6, 6.07) is 18.8. The average Bonchev–Trinajstić information content (AvgIpc) is 2.81. The SMILES string of the molecule is Cc1ccccc1/C=C/C(=O)N1CCc2ccccc2C1c1cc(F)ccc1OCC(=O)O. The molecule has 6 heteroatoms. The molecule has 1 aliphatic rings. The number of rotatable bonds is 6. The lowest BCUT2D eigenvalue weighted by molar-refractivity contribution is -0.139. The lowest BCUT2D eigenvalue weighted by atomic mass is 9.87. The van der Waals surface area contributed by atoms with Gasteiger partial charge < -0.3 is 14.7 Å². The number of carbonyl (C=O) groups excluding carboxylic acids is 1. The molecule has 1 amide bonds. The van der Waals surface area contributed by atoms with E-state index in [2.05, 4.69) is 0 Å². The molecule has 0 bridgehead atoms. The van der Waals surface area contributed by atoms with E-state index in [0.29, 0.717) is 18.5 Å². The van der Waals surface area contributed by atoms with Gasteiger partial charge in [0.1, 0.15) is 11.6 Å². The summed E-state index contributed by atoms with van der Waals surface area (Å²) < 4.78 is 19.8. The van der Waals surface area contributed by atoms with E-state index in [1.807, 2.05) is 55.5 Å². The van der Waals surface area contributed by atoms with Crippen molar-refractivity contribution < 1.29 is 23.8 Å². The molecule has 1 unspecified atom stereocenters. The van der Waals surface area contributed by atoms with E-state index in [4.69, 9.17) is 9.84 Å². The molecule has 168 valence electrons. The number of ether oxygens (including phenoxy) is 1. The van der Waals surface area contributed by atoms with E-state index in [-0.39, 0.29) is 11.7 Å². The van der Waals surface area contributed by atoms with E-state index < -0.39 is 24.4 Å². The van der Waals surface area contributed by atoms with Gasteiger partial charge in [-0.3, -0.25) is 4.79 Å². The van der Waals surface area contributed by atoms with Crippen LogP contribution in [0.3, 0.4) is 0 Å². The van der Waals surface area contributed by atoms with E-state index in [1.54, 1.807) is 11.0 Å². The third-order valence-corrected chi connectivity index (χ3v) is 5.78. The Bertz CT molecular complexity index is 1220. The Morgan fingerprint density at radius 1 is 1.09 bits per heavy atom. The molecule has 0 aliphatic carbocycles. The zero-order valence-corrected chi connectivity index (χ0v) is 18.2. The molecule has 0 saturated heterocycles. The van der Waals surface area contributed by atoms with Crippen LogP contribution in [0, 0.1) is 12.7 Å². The number of nitrogens with zero attached hydrogens (tertiary/aromatic N) is 1. The number of carboxylic acids is 1. The minimum atomic E-state index is -1.14. The van der Waals surface area contributed by atoms with Crippen molar-refractivity contribution in [2.24, 2.45) is 0 Å². The minimum Gasteiger partial charge on any atom is -0.482 e. The second-order valence-corrected chi connectivity index (χ2v) is 7.94. The van der Waals surface area contributed by atoms with Crippen molar-refractivity contribution in [2.75, 3.05) is 13.2 Å². The highest BCUT2D eigenvalue weighted by atomic mass is 19.1. The first kappa shape index (κ1) is 22.3. The summed E-state index contributed by atoms with van der Waals surface area (Å²) >= 11 is 0. The Labute approximate surface area is 191 Å². The van der Waals surface area contributed by atoms with Gasteiger partial charge in [0.15, 0.2) is 6.61 Å². The number of aryl methyl sites for hydroxylation is 1. The normalized spacial score (nSPS) is 15.3.